The van der Waals surface area contributed by atoms with Crippen LogP contribution in [0.5, 0.6) is 0 Å². The number of aliphatic hydroxyl groups is 1. The fraction of sp³-hybridized carbons (Fsp3) is 0.375. The maximum absolute atomic E-state index is 10.4. The zero-order valence-electron chi connectivity index (χ0n) is 6.58. The SMILES string of the molecule is COC1(Br)CC(C=O)=CC=C1O. The van der Waals surface area contributed by atoms with Gasteiger partial charge in [0, 0.05) is 13.5 Å². The molecule has 1 aliphatic rings. The number of carbonyl (C=O) groups excluding carboxylic acids is 1. The van der Waals surface area contributed by atoms with Gasteiger partial charge in [-0.2, -0.15) is 0 Å². The van der Waals surface area contributed by atoms with Crippen molar-refractivity contribution in [2.75, 3.05) is 7.11 Å². The normalized spacial score (nSPS) is 29.2. The highest BCUT2D eigenvalue weighted by Crippen LogP contribution is 2.35. The molecule has 0 saturated carbocycles. The summed E-state index contributed by atoms with van der Waals surface area (Å²) in [5.41, 5.74) is 0.589. The fourth-order valence-corrected chi connectivity index (χ4v) is 1.44. The van der Waals surface area contributed by atoms with E-state index in [1.807, 2.05) is 0 Å². The number of allylic oxidation sites excluding steroid dienone is 2. The van der Waals surface area contributed by atoms with Crippen molar-refractivity contribution < 1.29 is 14.6 Å². The quantitative estimate of drug-likeness (QED) is 0.583. The highest BCUT2D eigenvalue weighted by Gasteiger charge is 2.34. The topological polar surface area (TPSA) is 46.5 Å². The average Bonchev–Trinajstić information content (AvgIpc) is 2.10. The molecule has 1 aliphatic carbocycles. The number of alkyl halides is 1. The van der Waals surface area contributed by atoms with Crippen LogP contribution in [-0.2, 0) is 9.53 Å². The molecule has 0 fully saturated rings. The maximum atomic E-state index is 10.4. The molecule has 3 nitrogen and oxygen atoms in total. The smallest absolute Gasteiger partial charge is 0.182 e. The van der Waals surface area contributed by atoms with E-state index < -0.39 is 4.51 Å². The minimum absolute atomic E-state index is 0.0793. The minimum Gasteiger partial charge on any atom is -0.508 e. The first kappa shape index (κ1) is 9.48. The van der Waals surface area contributed by atoms with Crippen molar-refractivity contribution >= 4 is 22.2 Å². The second-order valence-corrected chi connectivity index (χ2v) is 3.80. The van der Waals surface area contributed by atoms with Crippen LogP contribution in [0, 0.1) is 0 Å². The van der Waals surface area contributed by atoms with Gasteiger partial charge in [-0.25, -0.2) is 0 Å². The molecular weight excluding hydrogens is 224 g/mol. The van der Waals surface area contributed by atoms with Crippen molar-refractivity contribution in [3.8, 4) is 0 Å². The number of halogens is 1. The molecule has 1 unspecified atom stereocenters. The summed E-state index contributed by atoms with van der Waals surface area (Å²) in [5, 5.41) is 9.37. The molecule has 0 spiro atoms. The Morgan fingerprint density at radius 3 is 2.92 bits per heavy atom. The Bertz CT molecular complexity index is 257. The molecule has 1 rings (SSSR count). The zero-order chi connectivity index (χ0) is 9.19. The van der Waals surface area contributed by atoms with Gasteiger partial charge >= 0.3 is 0 Å². The van der Waals surface area contributed by atoms with Crippen LogP contribution in [0.25, 0.3) is 0 Å². The number of methoxy groups -OCH3 is 1. The predicted molar refractivity (Wildman–Crippen MR) is 48.1 cm³/mol. The van der Waals surface area contributed by atoms with E-state index in [1.54, 1.807) is 6.08 Å². The number of hydrogen-bond donors (Lipinski definition) is 1. The highest BCUT2D eigenvalue weighted by atomic mass is 79.9. The summed E-state index contributed by atoms with van der Waals surface area (Å²) in [6.07, 6.45) is 4.11. The average molecular weight is 233 g/mol. The second kappa shape index (κ2) is 3.41. The number of rotatable bonds is 2. The number of aldehydes is 1. The predicted octanol–water partition coefficient (Wildman–Crippen LogP) is 1.69. The third kappa shape index (κ3) is 1.59. The van der Waals surface area contributed by atoms with E-state index in [-0.39, 0.29) is 5.76 Å². The Hall–Kier alpha value is -0.610. The molecule has 0 amide bonds. The van der Waals surface area contributed by atoms with Gasteiger partial charge in [0.1, 0.15) is 12.0 Å². The van der Waals surface area contributed by atoms with Gasteiger partial charge < -0.3 is 9.84 Å². The third-order valence-electron chi connectivity index (χ3n) is 1.74. The standard InChI is InChI=1S/C8H9BrO3/c1-12-8(9)4-6(5-10)2-3-7(8)11/h2-3,5,11H,4H2,1H3. The Morgan fingerprint density at radius 2 is 2.42 bits per heavy atom. The lowest BCUT2D eigenvalue weighted by atomic mass is 10.0. The van der Waals surface area contributed by atoms with Gasteiger partial charge in [0.15, 0.2) is 4.51 Å². The van der Waals surface area contributed by atoms with Crippen molar-refractivity contribution in [2.45, 2.75) is 10.9 Å². The van der Waals surface area contributed by atoms with Crippen molar-refractivity contribution in [3.05, 3.63) is 23.5 Å². The van der Waals surface area contributed by atoms with E-state index in [4.69, 9.17) is 4.74 Å². The monoisotopic (exact) mass is 232 g/mol. The van der Waals surface area contributed by atoms with Crippen LogP contribution in [0.3, 0.4) is 0 Å². The lowest BCUT2D eigenvalue weighted by molar-refractivity contribution is -0.105. The van der Waals surface area contributed by atoms with E-state index in [1.165, 1.54) is 13.2 Å². The number of aliphatic hydroxyl groups excluding tert-OH is 1. The maximum Gasteiger partial charge on any atom is 0.182 e. The van der Waals surface area contributed by atoms with Gasteiger partial charge in [-0.15, -0.1) is 0 Å². The Labute approximate surface area is 78.8 Å². The summed E-state index contributed by atoms with van der Waals surface area (Å²) in [7, 11) is 1.46. The Kier molecular flexibility index (Phi) is 2.69. The molecule has 0 bridgehead atoms. The van der Waals surface area contributed by atoms with E-state index in [0.717, 1.165) is 6.29 Å². The summed E-state index contributed by atoms with van der Waals surface area (Å²) >= 11 is 3.20. The van der Waals surface area contributed by atoms with Crippen LogP contribution < -0.4 is 0 Å². The van der Waals surface area contributed by atoms with Crippen LogP contribution in [0.2, 0.25) is 0 Å². The van der Waals surface area contributed by atoms with E-state index >= 15 is 0 Å². The molecule has 0 radical (unpaired) electrons. The molecule has 0 aromatic carbocycles. The number of ether oxygens (including phenoxy) is 1. The number of carbonyl (C=O) groups is 1. The molecular formula is C8H9BrO3. The van der Waals surface area contributed by atoms with Crippen molar-refractivity contribution in [1.82, 2.24) is 0 Å². The largest absolute Gasteiger partial charge is 0.508 e. The van der Waals surface area contributed by atoms with E-state index in [2.05, 4.69) is 15.9 Å². The van der Waals surface area contributed by atoms with Crippen molar-refractivity contribution in [1.29, 1.82) is 0 Å². The Balaban J connectivity index is 2.93. The summed E-state index contributed by atoms with van der Waals surface area (Å²) in [6.45, 7) is 0. The lowest BCUT2D eigenvalue weighted by Gasteiger charge is -2.27. The van der Waals surface area contributed by atoms with E-state index in [0.29, 0.717) is 12.0 Å². The van der Waals surface area contributed by atoms with Gasteiger partial charge in [-0.1, -0.05) is 6.08 Å². The molecule has 1 atom stereocenters. The lowest BCUT2D eigenvalue weighted by Crippen LogP contribution is -2.28. The van der Waals surface area contributed by atoms with Gasteiger partial charge in [0.2, 0.25) is 0 Å². The van der Waals surface area contributed by atoms with Gasteiger partial charge in [0.25, 0.3) is 0 Å². The molecule has 0 aromatic heterocycles. The molecule has 12 heavy (non-hydrogen) atoms. The van der Waals surface area contributed by atoms with Crippen LogP contribution in [0.4, 0.5) is 0 Å². The first-order valence-corrected chi connectivity index (χ1v) is 4.21. The van der Waals surface area contributed by atoms with Crippen molar-refractivity contribution in [3.63, 3.8) is 0 Å². The van der Waals surface area contributed by atoms with Gasteiger partial charge in [0.05, 0.1) is 0 Å². The van der Waals surface area contributed by atoms with Gasteiger partial charge in [-0.3, -0.25) is 4.79 Å². The molecule has 0 aromatic rings. The zero-order valence-corrected chi connectivity index (χ0v) is 8.17. The summed E-state index contributed by atoms with van der Waals surface area (Å²) < 4.78 is 4.10. The van der Waals surface area contributed by atoms with E-state index in [9.17, 15) is 9.90 Å². The third-order valence-corrected chi connectivity index (χ3v) is 2.75. The molecule has 1 N–H and O–H groups in total. The molecule has 66 valence electrons. The van der Waals surface area contributed by atoms with Crippen molar-refractivity contribution in [2.24, 2.45) is 0 Å². The second-order valence-electron chi connectivity index (χ2n) is 2.52. The highest BCUT2D eigenvalue weighted by molar-refractivity contribution is 9.10. The van der Waals surface area contributed by atoms with Crippen LogP contribution in [-0.4, -0.2) is 23.0 Å². The number of hydrogen-bond acceptors (Lipinski definition) is 3. The fourth-order valence-electron chi connectivity index (χ4n) is 0.980. The summed E-state index contributed by atoms with van der Waals surface area (Å²) in [6, 6.07) is 0. The van der Waals surface area contributed by atoms with Crippen LogP contribution in [0.1, 0.15) is 6.42 Å². The minimum atomic E-state index is -0.919. The van der Waals surface area contributed by atoms with Gasteiger partial charge in [-0.05, 0) is 27.6 Å². The molecule has 0 heterocycles. The Morgan fingerprint density at radius 1 is 1.75 bits per heavy atom. The molecule has 0 saturated heterocycles. The van der Waals surface area contributed by atoms with Crippen LogP contribution in [0.15, 0.2) is 23.5 Å². The molecule has 0 aliphatic heterocycles. The first-order chi connectivity index (χ1) is 5.62. The summed E-state index contributed by atoms with van der Waals surface area (Å²) in [5.74, 6) is 0.0793. The summed E-state index contributed by atoms with van der Waals surface area (Å²) in [4.78, 5) is 10.4. The van der Waals surface area contributed by atoms with Crippen LogP contribution >= 0.6 is 15.9 Å². The first-order valence-electron chi connectivity index (χ1n) is 3.42. The molecule has 4 heteroatoms.